The number of carbonyl (C=O) groups excluding carboxylic acids is 3. The van der Waals surface area contributed by atoms with Crippen LogP contribution in [-0.2, 0) is 16.0 Å². The third kappa shape index (κ3) is 3.65. The molecule has 0 aliphatic heterocycles. The lowest BCUT2D eigenvalue weighted by molar-refractivity contribution is -0.137. The summed E-state index contributed by atoms with van der Waals surface area (Å²) in [5, 5.41) is 8.65. The normalized spacial score (nSPS) is 12.0. The zero-order valence-electron chi connectivity index (χ0n) is 15.0. The number of thiophene rings is 1. The van der Waals surface area contributed by atoms with Gasteiger partial charge in [0, 0.05) is 18.8 Å². The van der Waals surface area contributed by atoms with Crippen LogP contribution in [-0.4, -0.2) is 43.4 Å². The second-order valence-electron chi connectivity index (χ2n) is 6.25. The fourth-order valence-corrected chi connectivity index (χ4v) is 3.91. The fourth-order valence-electron chi connectivity index (χ4n) is 3.02. The molecule has 1 atom stereocenters. The topological polar surface area (TPSA) is 136 Å². The van der Waals surface area contributed by atoms with Crippen LogP contribution in [0, 0.1) is 0 Å². The van der Waals surface area contributed by atoms with Gasteiger partial charge in [0.05, 0.1) is 16.4 Å². The standard InChI is InChI=1S/C19H16N6O3S/c20-18(27)16(26)13(9-11-10-22-12-5-8-29-17(11)12)24-19(28)14-4-7-23-25(14)15-3-1-2-6-21-15/h1-8,10,13,22H,9H2,(H2,20,27)(H,24,28). The van der Waals surface area contributed by atoms with Gasteiger partial charge in [-0.2, -0.15) is 5.10 Å². The van der Waals surface area contributed by atoms with Gasteiger partial charge in [-0.3, -0.25) is 14.4 Å². The molecule has 0 aliphatic carbocycles. The highest BCUT2D eigenvalue weighted by atomic mass is 32.1. The van der Waals surface area contributed by atoms with Gasteiger partial charge in [-0.1, -0.05) is 6.07 Å². The first kappa shape index (κ1) is 18.6. The quantitative estimate of drug-likeness (QED) is 0.395. The number of hydrogen-bond donors (Lipinski definition) is 3. The van der Waals surface area contributed by atoms with E-state index in [1.54, 1.807) is 30.6 Å². The molecule has 0 spiro atoms. The monoisotopic (exact) mass is 408 g/mol. The number of hydrogen-bond acceptors (Lipinski definition) is 6. The number of carbonyl (C=O) groups is 3. The molecule has 0 fully saturated rings. The molecular formula is C19H16N6O3S. The number of amides is 2. The summed E-state index contributed by atoms with van der Waals surface area (Å²) in [7, 11) is 0. The van der Waals surface area contributed by atoms with Gasteiger partial charge in [0.15, 0.2) is 5.82 Å². The number of H-pyrrole nitrogens is 1. The summed E-state index contributed by atoms with van der Waals surface area (Å²) >= 11 is 1.51. The average Bonchev–Trinajstić information content (AvgIpc) is 3.45. The van der Waals surface area contributed by atoms with E-state index in [9.17, 15) is 14.4 Å². The van der Waals surface area contributed by atoms with Gasteiger partial charge in [-0.15, -0.1) is 11.3 Å². The van der Waals surface area contributed by atoms with E-state index in [1.165, 1.54) is 28.3 Å². The molecule has 4 aromatic rings. The summed E-state index contributed by atoms with van der Waals surface area (Å²) in [6.07, 6.45) is 4.92. The first-order valence-electron chi connectivity index (χ1n) is 8.68. The van der Waals surface area contributed by atoms with Gasteiger partial charge in [0.2, 0.25) is 5.78 Å². The lowest BCUT2D eigenvalue weighted by Crippen LogP contribution is -2.47. The molecule has 0 saturated carbocycles. The summed E-state index contributed by atoms with van der Waals surface area (Å²) in [4.78, 5) is 44.0. The van der Waals surface area contributed by atoms with E-state index in [0.29, 0.717) is 5.82 Å². The Bertz CT molecular complexity index is 1190. The summed E-state index contributed by atoms with van der Waals surface area (Å²) in [6.45, 7) is 0. The molecule has 4 N–H and O–H groups in total. The van der Waals surface area contributed by atoms with Gasteiger partial charge in [-0.25, -0.2) is 9.67 Å². The molecule has 29 heavy (non-hydrogen) atoms. The van der Waals surface area contributed by atoms with E-state index >= 15 is 0 Å². The van der Waals surface area contributed by atoms with E-state index in [0.717, 1.165) is 15.8 Å². The van der Waals surface area contributed by atoms with E-state index in [-0.39, 0.29) is 12.1 Å². The molecule has 2 amide bonds. The van der Waals surface area contributed by atoms with Crippen molar-refractivity contribution < 1.29 is 14.4 Å². The Morgan fingerprint density at radius 3 is 2.83 bits per heavy atom. The fraction of sp³-hybridized carbons (Fsp3) is 0.105. The molecule has 1 unspecified atom stereocenters. The van der Waals surface area contributed by atoms with Crippen LogP contribution in [0.4, 0.5) is 0 Å². The largest absolute Gasteiger partial charge is 0.363 e. The van der Waals surface area contributed by atoms with Crippen molar-refractivity contribution in [1.82, 2.24) is 25.1 Å². The van der Waals surface area contributed by atoms with Gasteiger partial charge >= 0.3 is 0 Å². The number of rotatable bonds is 7. The highest BCUT2D eigenvalue weighted by Crippen LogP contribution is 2.25. The Morgan fingerprint density at radius 1 is 1.21 bits per heavy atom. The number of nitrogens with one attached hydrogen (secondary N) is 2. The van der Waals surface area contributed by atoms with Gasteiger partial charge < -0.3 is 16.0 Å². The Morgan fingerprint density at radius 2 is 2.07 bits per heavy atom. The van der Waals surface area contributed by atoms with Gasteiger partial charge in [0.25, 0.3) is 11.8 Å². The average molecular weight is 408 g/mol. The molecule has 0 radical (unpaired) electrons. The molecule has 4 rings (SSSR count). The molecule has 0 aromatic carbocycles. The first-order valence-corrected chi connectivity index (χ1v) is 9.56. The Hall–Kier alpha value is -3.79. The SMILES string of the molecule is NC(=O)C(=O)C(Cc1c[nH]c2ccsc12)NC(=O)c1ccnn1-c1ccccn1. The number of ketones is 1. The minimum absolute atomic E-state index is 0.131. The van der Waals surface area contributed by atoms with Crippen molar-refractivity contribution in [1.29, 1.82) is 0 Å². The smallest absolute Gasteiger partial charge is 0.287 e. The predicted molar refractivity (Wildman–Crippen MR) is 107 cm³/mol. The van der Waals surface area contributed by atoms with Crippen molar-refractivity contribution in [3.63, 3.8) is 0 Å². The third-order valence-corrected chi connectivity index (χ3v) is 5.38. The van der Waals surface area contributed by atoms with Crippen molar-refractivity contribution in [2.24, 2.45) is 5.73 Å². The molecule has 4 heterocycles. The van der Waals surface area contributed by atoms with Crippen LogP contribution in [0.1, 0.15) is 16.1 Å². The Balaban J connectivity index is 1.61. The molecular weight excluding hydrogens is 392 g/mol. The summed E-state index contributed by atoms with van der Waals surface area (Å²) in [6, 6.07) is 7.53. The maximum absolute atomic E-state index is 12.9. The van der Waals surface area contributed by atoms with Gasteiger partial charge in [0.1, 0.15) is 11.7 Å². The number of Topliss-reactive ketones (excluding diaryl/α,β-unsaturated/α-hetero) is 1. The number of nitrogens with zero attached hydrogens (tertiary/aromatic N) is 3. The van der Waals surface area contributed by atoms with Crippen LogP contribution in [0.2, 0.25) is 0 Å². The lowest BCUT2D eigenvalue weighted by atomic mass is 10.0. The molecule has 146 valence electrons. The van der Waals surface area contributed by atoms with Gasteiger partial charge in [-0.05, 0) is 35.2 Å². The molecule has 9 nitrogen and oxygen atoms in total. The zero-order valence-corrected chi connectivity index (χ0v) is 15.8. The van der Waals surface area contributed by atoms with E-state index < -0.39 is 23.6 Å². The Labute approximate surface area is 168 Å². The van der Waals surface area contributed by atoms with Crippen LogP contribution in [0.15, 0.2) is 54.3 Å². The van der Waals surface area contributed by atoms with Crippen LogP contribution in [0.25, 0.3) is 16.0 Å². The number of primary amides is 1. The van der Waals surface area contributed by atoms with E-state index in [4.69, 9.17) is 5.73 Å². The molecule has 0 saturated heterocycles. The number of nitrogens with two attached hydrogens (primary N) is 1. The molecule has 10 heteroatoms. The maximum atomic E-state index is 12.9. The minimum Gasteiger partial charge on any atom is -0.363 e. The number of pyridine rings is 1. The first-order chi connectivity index (χ1) is 14.0. The molecule has 0 aliphatic rings. The molecule has 4 aromatic heterocycles. The second-order valence-corrected chi connectivity index (χ2v) is 7.17. The number of aromatic amines is 1. The van der Waals surface area contributed by atoms with Crippen molar-refractivity contribution in [3.8, 4) is 5.82 Å². The Kier molecular flexibility index (Phi) is 4.92. The second kappa shape index (κ2) is 7.68. The highest BCUT2D eigenvalue weighted by molar-refractivity contribution is 7.17. The highest BCUT2D eigenvalue weighted by Gasteiger charge is 2.28. The van der Waals surface area contributed by atoms with Crippen LogP contribution < -0.4 is 11.1 Å². The van der Waals surface area contributed by atoms with Crippen LogP contribution in [0.5, 0.6) is 0 Å². The zero-order chi connectivity index (χ0) is 20.4. The summed E-state index contributed by atoms with van der Waals surface area (Å²) in [5.41, 5.74) is 7.12. The van der Waals surface area contributed by atoms with E-state index in [1.807, 2.05) is 11.4 Å². The third-order valence-electron chi connectivity index (χ3n) is 4.39. The van der Waals surface area contributed by atoms with Crippen LogP contribution in [0.3, 0.4) is 0 Å². The minimum atomic E-state index is -1.11. The van der Waals surface area contributed by atoms with Crippen molar-refractivity contribution in [2.45, 2.75) is 12.5 Å². The van der Waals surface area contributed by atoms with E-state index in [2.05, 4.69) is 20.4 Å². The summed E-state index contributed by atoms with van der Waals surface area (Å²) in [5.74, 6) is -2.09. The predicted octanol–water partition coefficient (Wildman–Crippen LogP) is 1.21. The maximum Gasteiger partial charge on any atom is 0.287 e. The molecule has 0 bridgehead atoms. The summed E-state index contributed by atoms with van der Waals surface area (Å²) < 4.78 is 2.31. The van der Waals surface area contributed by atoms with Crippen molar-refractivity contribution >= 4 is 39.2 Å². The number of fused-ring (bicyclic) bond motifs is 1. The number of aromatic nitrogens is 4. The van der Waals surface area contributed by atoms with Crippen molar-refractivity contribution in [2.75, 3.05) is 0 Å². The van der Waals surface area contributed by atoms with Crippen molar-refractivity contribution in [3.05, 3.63) is 65.6 Å². The lowest BCUT2D eigenvalue weighted by Gasteiger charge is -2.16. The van der Waals surface area contributed by atoms with Crippen LogP contribution >= 0.6 is 11.3 Å².